The number of carboxylic acid groups (broad SMARTS) is 1. The van der Waals surface area contributed by atoms with E-state index in [4.69, 9.17) is 0 Å². The van der Waals surface area contributed by atoms with E-state index in [9.17, 15) is 14.7 Å². The van der Waals surface area contributed by atoms with Crippen molar-refractivity contribution in [3.8, 4) is 0 Å². The highest BCUT2D eigenvalue weighted by molar-refractivity contribution is 5.83. The lowest BCUT2D eigenvalue weighted by Gasteiger charge is -2.46. The van der Waals surface area contributed by atoms with Crippen LogP contribution in [0.25, 0.3) is 0 Å². The first-order valence-electron chi connectivity index (χ1n) is 10.7. The number of rotatable bonds is 3. The number of carbonyl (C=O) groups excluding carboxylic acids is 1. The summed E-state index contributed by atoms with van der Waals surface area (Å²) >= 11 is 0. The van der Waals surface area contributed by atoms with Gasteiger partial charge in [0.1, 0.15) is 5.78 Å². The first-order valence-corrected chi connectivity index (χ1v) is 10.7. The minimum atomic E-state index is -0.613. The van der Waals surface area contributed by atoms with Crippen LogP contribution < -0.4 is 0 Å². The van der Waals surface area contributed by atoms with Crippen molar-refractivity contribution < 1.29 is 14.7 Å². The fourth-order valence-corrected chi connectivity index (χ4v) is 6.56. The first-order chi connectivity index (χ1) is 12.2. The van der Waals surface area contributed by atoms with Crippen LogP contribution in [0.4, 0.5) is 0 Å². The van der Waals surface area contributed by atoms with Crippen molar-refractivity contribution in [1.29, 1.82) is 0 Å². The van der Waals surface area contributed by atoms with Crippen molar-refractivity contribution in [3.05, 3.63) is 0 Å². The van der Waals surface area contributed by atoms with E-state index in [-0.39, 0.29) is 17.9 Å². The molecule has 4 heteroatoms. The van der Waals surface area contributed by atoms with Gasteiger partial charge in [-0.15, -0.1) is 0 Å². The first kappa shape index (κ1) is 17.5. The van der Waals surface area contributed by atoms with E-state index in [0.29, 0.717) is 23.8 Å². The van der Waals surface area contributed by atoms with Crippen LogP contribution in [0, 0.1) is 17.8 Å². The second-order valence-electron chi connectivity index (χ2n) is 8.98. The molecular formula is C21H33NO3. The maximum atomic E-state index is 12.6. The molecule has 4 fully saturated rings. The van der Waals surface area contributed by atoms with Crippen LogP contribution in [0.2, 0.25) is 0 Å². The lowest BCUT2D eigenvalue weighted by Crippen LogP contribution is -2.54. The molecule has 4 aliphatic rings. The van der Waals surface area contributed by atoms with Gasteiger partial charge in [-0.1, -0.05) is 32.1 Å². The summed E-state index contributed by atoms with van der Waals surface area (Å²) < 4.78 is 0. The SMILES string of the molecule is O=C(O)C1CCCCC1N1C(C2CCCCC2)CC2C(=O)CCCC21. The summed E-state index contributed by atoms with van der Waals surface area (Å²) in [4.78, 5) is 27.2. The topological polar surface area (TPSA) is 57.6 Å². The molecule has 3 saturated carbocycles. The summed E-state index contributed by atoms with van der Waals surface area (Å²) in [6.45, 7) is 0. The Morgan fingerprint density at radius 1 is 0.840 bits per heavy atom. The highest BCUT2D eigenvalue weighted by Crippen LogP contribution is 2.47. The van der Waals surface area contributed by atoms with Crippen molar-refractivity contribution in [2.24, 2.45) is 17.8 Å². The van der Waals surface area contributed by atoms with Gasteiger partial charge in [0, 0.05) is 30.5 Å². The molecule has 0 aromatic carbocycles. The van der Waals surface area contributed by atoms with Gasteiger partial charge in [-0.2, -0.15) is 0 Å². The molecule has 25 heavy (non-hydrogen) atoms. The molecular weight excluding hydrogens is 314 g/mol. The lowest BCUT2D eigenvalue weighted by atomic mass is 9.79. The summed E-state index contributed by atoms with van der Waals surface area (Å²) in [5, 5.41) is 9.82. The molecule has 0 aromatic rings. The molecule has 1 aliphatic heterocycles. The molecule has 4 nitrogen and oxygen atoms in total. The summed E-state index contributed by atoms with van der Waals surface area (Å²) in [5.41, 5.74) is 0. The quantitative estimate of drug-likeness (QED) is 0.837. The number of carbonyl (C=O) groups is 2. The minimum Gasteiger partial charge on any atom is -0.481 e. The maximum Gasteiger partial charge on any atom is 0.308 e. The Morgan fingerprint density at radius 2 is 1.52 bits per heavy atom. The van der Waals surface area contributed by atoms with Crippen molar-refractivity contribution in [2.75, 3.05) is 0 Å². The summed E-state index contributed by atoms with van der Waals surface area (Å²) in [6, 6.07) is 0.958. The van der Waals surface area contributed by atoms with Gasteiger partial charge in [-0.05, 0) is 50.9 Å². The predicted molar refractivity (Wildman–Crippen MR) is 96.3 cm³/mol. The average Bonchev–Trinajstić information content (AvgIpc) is 3.03. The third-order valence-corrected chi connectivity index (χ3v) is 7.69. The van der Waals surface area contributed by atoms with Crippen molar-refractivity contribution in [3.63, 3.8) is 0 Å². The summed E-state index contributed by atoms with van der Waals surface area (Å²) in [7, 11) is 0. The molecule has 3 aliphatic carbocycles. The minimum absolute atomic E-state index is 0.166. The van der Waals surface area contributed by atoms with Crippen LogP contribution in [-0.2, 0) is 9.59 Å². The Bertz CT molecular complexity index is 513. The summed E-state index contributed by atoms with van der Waals surface area (Å²) in [5.74, 6) is 0.496. The molecule has 1 N–H and O–H groups in total. The highest BCUT2D eigenvalue weighted by Gasteiger charge is 2.52. The van der Waals surface area contributed by atoms with Crippen molar-refractivity contribution in [2.45, 2.75) is 102 Å². The van der Waals surface area contributed by atoms with E-state index in [1.54, 1.807) is 0 Å². The molecule has 5 unspecified atom stereocenters. The molecule has 1 saturated heterocycles. The molecule has 1 heterocycles. The van der Waals surface area contributed by atoms with E-state index in [1.165, 1.54) is 32.1 Å². The van der Waals surface area contributed by atoms with Gasteiger partial charge in [-0.25, -0.2) is 0 Å². The molecule has 0 amide bonds. The number of Topliss-reactive ketones (excluding diaryl/α,β-unsaturated/α-hetero) is 1. The molecule has 0 bridgehead atoms. The molecule has 0 aromatic heterocycles. The molecule has 0 radical (unpaired) electrons. The van der Waals surface area contributed by atoms with Crippen LogP contribution >= 0.6 is 0 Å². The standard InChI is InChI=1S/C21H33NO3/c23-20-12-6-11-18-16(20)13-19(14-7-2-1-3-8-14)22(18)17-10-5-4-9-15(17)21(24)25/h14-19H,1-13H2,(H,24,25). The molecule has 4 rings (SSSR count). The second kappa shape index (κ2) is 7.38. The van der Waals surface area contributed by atoms with Gasteiger partial charge in [0.15, 0.2) is 0 Å². The highest BCUT2D eigenvalue weighted by atomic mass is 16.4. The number of carboxylic acids is 1. The smallest absolute Gasteiger partial charge is 0.308 e. The number of ketones is 1. The lowest BCUT2D eigenvalue weighted by molar-refractivity contribution is -0.147. The molecule has 0 spiro atoms. The van der Waals surface area contributed by atoms with Gasteiger partial charge in [0.25, 0.3) is 0 Å². The van der Waals surface area contributed by atoms with Gasteiger partial charge in [0.05, 0.1) is 5.92 Å². The van der Waals surface area contributed by atoms with Crippen LogP contribution in [0.1, 0.15) is 83.5 Å². The third-order valence-electron chi connectivity index (χ3n) is 7.69. The van der Waals surface area contributed by atoms with Crippen molar-refractivity contribution >= 4 is 11.8 Å². The van der Waals surface area contributed by atoms with E-state index >= 15 is 0 Å². The van der Waals surface area contributed by atoms with Gasteiger partial charge >= 0.3 is 5.97 Å². The van der Waals surface area contributed by atoms with Gasteiger partial charge in [0.2, 0.25) is 0 Å². The fraction of sp³-hybridized carbons (Fsp3) is 0.905. The number of fused-ring (bicyclic) bond motifs is 1. The molecule has 140 valence electrons. The van der Waals surface area contributed by atoms with Crippen LogP contribution in [0.15, 0.2) is 0 Å². The van der Waals surface area contributed by atoms with E-state index in [2.05, 4.69) is 4.90 Å². The predicted octanol–water partition coefficient (Wildman–Crippen LogP) is 4.02. The fourth-order valence-electron chi connectivity index (χ4n) is 6.56. The van der Waals surface area contributed by atoms with Crippen LogP contribution in [-0.4, -0.2) is 39.9 Å². The zero-order chi connectivity index (χ0) is 17.4. The largest absolute Gasteiger partial charge is 0.481 e. The van der Waals surface area contributed by atoms with Crippen LogP contribution in [0.3, 0.4) is 0 Å². The number of hydrogen-bond acceptors (Lipinski definition) is 3. The Hall–Kier alpha value is -0.900. The van der Waals surface area contributed by atoms with E-state index in [1.807, 2.05) is 0 Å². The Balaban J connectivity index is 1.63. The van der Waals surface area contributed by atoms with Gasteiger partial charge in [-0.3, -0.25) is 14.5 Å². The zero-order valence-corrected chi connectivity index (χ0v) is 15.4. The molecule has 5 atom stereocenters. The number of nitrogens with zero attached hydrogens (tertiary/aromatic N) is 1. The number of aliphatic carboxylic acids is 1. The normalized spacial score (nSPS) is 40.8. The maximum absolute atomic E-state index is 12.6. The van der Waals surface area contributed by atoms with Crippen molar-refractivity contribution in [1.82, 2.24) is 4.90 Å². The van der Waals surface area contributed by atoms with Gasteiger partial charge < -0.3 is 5.11 Å². The van der Waals surface area contributed by atoms with E-state index < -0.39 is 5.97 Å². The second-order valence-corrected chi connectivity index (χ2v) is 8.98. The third kappa shape index (κ3) is 3.27. The average molecular weight is 347 g/mol. The van der Waals surface area contributed by atoms with Crippen LogP contribution in [0.5, 0.6) is 0 Å². The zero-order valence-electron chi connectivity index (χ0n) is 15.4. The monoisotopic (exact) mass is 347 g/mol. The Labute approximate surface area is 151 Å². The Kier molecular flexibility index (Phi) is 5.17. The van der Waals surface area contributed by atoms with E-state index in [0.717, 1.165) is 51.4 Å². The summed E-state index contributed by atoms with van der Waals surface area (Å²) in [6.07, 6.45) is 14.4. The Morgan fingerprint density at radius 3 is 2.28 bits per heavy atom. The number of hydrogen-bond donors (Lipinski definition) is 1. The number of likely N-dealkylation sites (tertiary alicyclic amines) is 1.